The second-order valence-electron chi connectivity index (χ2n) is 4.86. The molecule has 1 saturated heterocycles. The lowest BCUT2D eigenvalue weighted by Crippen LogP contribution is -2.31. The molecule has 0 radical (unpaired) electrons. The molecule has 0 aromatic carbocycles. The van der Waals surface area contributed by atoms with Crippen LogP contribution in [0.2, 0.25) is 0 Å². The number of methoxy groups -OCH3 is 1. The largest absolute Gasteiger partial charge is 0.465 e. The monoisotopic (exact) mass is 264 g/mol. The fourth-order valence-electron chi connectivity index (χ4n) is 2.30. The van der Waals surface area contributed by atoms with E-state index < -0.39 is 0 Å². The number of carbonyl (C=O) groups excluding carboxylic acids is 1. The Hall–Kier alpha value is -1.62. The van der Waals surface area contributed by atoms with Crippen LogP contribution in [0.5, 0.6) is 0 Å². The molecule has 5 nitrogen and oxygen atoms in total. The Labute approximate surface area is 113 Å². The molecular weight excluding hydrogens is 244 g/mol. The Morgan fingerprint density at radius 3 is 3.16 bits per heavy atom. The van der Waals surface area contributed by atoms with Crippen LogP contribution in [0.15, 0.2) is 18.3 Å². The van der Waals surface area contributed by atoms with E-state index >= 15 is 0 Å². The molecule has 19 heavy (non-hydrogen) atoms. The minimum absolute atomic E-state index is 0.335. The maximum Gasteiger partial charge on any atom is 0.338 e. The number of ether oxygens (including phenoxy) is 2. The molecule has 0 N–H and O–H groups in total. The van der Waals surface area contributed by atoms with Crippen LogP contribution in [-0.2, 0) is 9.47 Å². The van der Waals surface area contributed by atoms with Crippen molar-refractivity contribution in [3.05, 3.63) is 23.9 Å². The third-order valence-electron chi connectivity index (χ3n) is 3.34. The van der Waals surface area contributed by atoms with Crippen molar-refractivity contribution in [3.8, 4) is 0 Å². The van der Waals surface area contributed by atoms with Crippen molar-refractivity contribution in [1.82, 2.24) is 4.98 Å². The van der Waals surface area contributed by atoms with E-state index in [0.717, 1.165) is 32.0 Å². The number of hydrogen-bond donors (Lipinski definition) is 0. The Kier molecular flexibility index (Phi) is 4.74. The number of aromatic nitrogens is 1. The van der Waals surface area contributed by atoms with Gasteiger partial charge in [-0.2, -0.15) is 0 Å². The Morgan fingerprint density at radius 2 is 2.47 bits per heavy atom. The Balaban J connectivity index is 2.01. The molecule has 2 rings (SSSR count). The SMILES string of the molecule is COC(=O)c1ccnc(N(C)CC2CCCOC2)c1. The summed E-state index contributed by atoms with van der Waals surface area (Å²) in [4.78, 5) is 17.8. The molecule has 0 bridgehead atoms. The molecule has 1 aliphatic rings. The second kappa shape index (κ2) is 6.52. The van der Waals surface area contributed by atoms with Crippen LogP contribution in [0.1, 0.15) is 23.2 Å². The molecule has 1 aromatic rings. The number of anilines is 1. The first kappa shape index (κ1) is 13.8. The van der Waals surface area contributed by atoms with E-state index in [2.05, 4.69) is 9.88 Å². The van der Waals surface area contributed by atoms with Crippen LogP contribution in [-0.4, -0.2) is 44.9 Å². The average Bonchev–Trinajstić information content (AvgIpc) is 2.47. The zero-order chi connectivity index (χ0) is 13.7. The number of carbonyl (C=O) groups is 1. The molecule has 104 valence electrons. The zero-order valence-electron chi connectivity index (χ0n) is 11.5. The van der Waals surface area contributed by atoms with Gasteiger partial charge in [-0.15, -0.1) is 0 Å². The normalized spacial score (nSPS) is 18.9. The highest BCUT2D eigenvalue weighted by atomic mass is 16.5. The second-order valence-corrected chi connectivity index (χ2v) is 4.86. The summed E-state index contributed by atoms with van der Waals surface area (Å²) < 4.78 is 10.2. The van der Waals surface area contributed by atoms with Crippen molar-refractivity contribution < 1.29 is 14.3 Å². The van der Waals surface area contributed by atoms with Gasteiger partial charge < -0.3 is 14.4 Å². The quantitative estimate of drug-likeness (QED) is 0.775. The van der Waals surface area contributed by atoms with E-state index in [1.165, 1.54) is 13.5 Å². The van der Waals surface area contributed by atoms with Gasteiger partial charge in [0.25, 0.3) is 0 Å². The number of nitrogens with zero attached hydrogens (tertiary/aromatic N) is 2. The fraction of sp³-hybridized carbons (Fsp3) is 0.571. The maximum absolute atomic E-state index is 11.5. The summed E-state index contributed by atoms with van der Waals surface area (Å²) in [6.45, 7) is 2.56. The molecule has 2 heterocycles. The van der Waals surface area contributed by atoms with Gasteiger partial charge in [-0.25, -0.2) is 9.78 Å². The van der Waals surface area contributed by atoms with E-state index in [1.807, 2.05) is 7.05 Å². The molecule has 5 heteroatoms. The van der Waals surface area contributed by atoms with Crippen LogP contribution < -0.4 is 4.90 Å². The van der Waals surface area contributed by atoms with Gasteiger partial charge in [-0.1, -0.05) is 0 Å². The van der Waals surface area contributed by atoms with Gasteiger partial charge in [0, 0.05) is 26.4 Å². The van der Waals surface area contributed by atoms with Gasteiger partial charge in [0.15, 0.2) is 0 Å². The lowest BCUT2D eigenvalue weighted by atomic mass is 10.0. The zero-order valence-corrected chi connectivity index (χ0v) is 11.5. The first-order valence-electron chi connectivity index (χ1n) is 6.54. The van der Waals surface area contributed by atoms with Crippen molar-refractivity contribution >= 4 is 11.8 Å². The van der Waals surface area contributed by atoms with E-state index in [1.54, 1.807) is 18.3 Å². The summed E-state index contributed by atoms with van der Waals surface area (Å²) in [6.07, 6.45) is 3.94. The highest BCUT2D eigenvalue weighted by molar-refractivity contribution is 5.90. The first-order chi connectivity index (χ1) is 9.20. The highest BCUT2D eigenvalue weighted by Gasteiger charge is 2.17. The Bertz CT molecular complexity index is 430. The predicted molar refractivity (Wildman–Crippen MR) is 72.4 cm³/mol. The van der Waals surface area contributed by atoms with Crippen LogP contribution in [0.25, 0.3) is 0 Å². The van der Waals surface area contributed by atoms with Gasteiger partial charge in [0.1, 0.15) is 5.82 Å². The van der Waals surface area contributed by atoms with Crippen molar-refractivity contribution in [2.75, 3.05) is 38.8 Å². The van der Waals surface area contributed by atoms with Gasteiger partial charge in [-0.05, 0) is 30.9 Å². The summed E-state index contributed by atoms with van der Waals surface area (Å²) in [5, 5.41) is 0. The van der Waals surface area contributed by atoms with Gasteiger partial charge in [0.05, 0.1) is 19.3 Å². The van der Waals surface area contributed by atoms with E-state index in [9.17, 15) is 4.79 Å². The van der Waals surface area contributed by atoms with Gasteiger partial charge in [0.2, 0.25) is 0 Å². The summed E-state index contributed by atoms with van der Waals surface area (Å²) >= 11 is 0. The topological polar surface area (TPSA) is 51.7 Å². The summed E-state index contributed by atoms with van der Waals surface area (Å²) in [6, 6.07) is 3.42. The summed E-state index contributed by atoms with van der Waals surface area (Å²) in [5.41, 5.74) is 0.527. The Morgan fingerprint density at radius 1 is 1.63 bits per heavy atom. The number of hydrogen-bond acceptors (Lipinski definition) is 5. The lowest BCUT2D eigenvalue weighted by Gasteiger charge is -2.27. The molecule has 1 aromatic heterocycles. The van der Waals surface area contributed by atoms with E-state index in [-0.39, 0.29) is 5.97 Å². The van der Waals surface area contributed by atoms with Crippen LogP contribution in [0.4, 0.5) is 5.82 Å². The number of esters is 1. The summed E-state index contributed by atoms with van der Waals surface area (Å²) in [7, 11) is 3.36. The van der Waals surface area contributed by atoms with Crippen LogP contribution >= 0.6 is 0 Å². The molecular formula is C14H20N2O3. The van der Waals surface area contributed by atoms with Gasteiger partial charge in [-0.3, -0.25) is 0 Å². The smallest absolute Gasteiger partial charge is 0.338 e. The molecule has 1 atom stereocenters. The highest BCUT2D eigenvalue weighted by Crippen LogP contribution is 2.18. The van der Waals surface area contributed by atoms with Crippen LogP contribution in [0, 0.1) is 5.92 Å². The molecule has 1 aliphatic heterocycles. The molecule has 1 unspecified atom stereocenters. The third kappa shape index (κ3) is 3.67. The van der Waals surface area contributed by atoms with Crippen molar-refractivity contribution in [2.24, 2.45) is 5.92 Å². The van der Waals surface area contributed by atoms with E-state index in [4.69, 9.17) is 9.47 Å². The summed E-state index contributed by atoms with van der Waals surface area (Å²) in [5.74, 6) is 0.980. The van der Waals surface area contributed by atoms with Gasteiger partial charge >= 0.3 is 5.97 Å². The predicted octanol–water partition coefficient (Wildman–Crippen LogP) is 1.73. The molecule has 0 amide bonds. The standard InChI is InChI=1S/C14H20N2O3/c1-16(9-11-4-3-7-19-10-11)13-8-12(5-6-15-13)14(17)18-2/h5-6,8,11H,3-4,7,9-10H2,1-2H3. The maximum atomic E-state index is 11.5. The molecule has 1 fully saturated rings. The lowest BCUT2D eigenvalue weighted by molar-refractivity contribution is 0.0575. The number of rotatable bonds is 4. The molecule has 0 aliphatic carbocycles. The molecule has 0 spiro atoms. The fourth-order valence-corrected chi connectivity index (χ4v) is 2.30. The third-order valence-corrected chi connectivity index (χ3v) is 3.34. The van der Waals surface area contributed by atoms with Crippen molar-refractivity contribution in [3.63, 3.8) is 0 Å². The van der Waals surface area contributed by atoms with E-state index in [0.29, 0.717) is 11.5 Å². The average molecular weight is 264 g/mol. The first-order valence-corrected chi connectivity index (χ1v) is 6.54. The molecule has 0 saturated carbocycles. The van der Waals surface area contributed by atoms with Crippen LogP contribution in [0.3, 0.4) is 0 Å². The minimum Gasteiger partial charge on any atom is -0.465 e. The number of pyridine rings is 1. The minimum atomic E-state index is -0.335. The van der Waals surface area contributed by atoms with Crippen molar-refractivity contribution in [1.29, 1.82) is 0 Å². The van der Waals surface area contributed by atoms with Crippen molar-refractivity contribution in [2.45, 2.75) is 12.8 Å².